The molecule has 1 aliphatic heterocycles. The number of benzene rings is 1. The van der Waals surface area contributed by atoms with E-state index >= 15 is 0 Å². The van der Waals surface area contributed by atoms with Crippen molar-refractivity contribution in [2.45, 2.75) is 25.4 Å². The van der Waals surface area contributed by atoms with Crippen molar-refractivity contribution >= 4 is 17.2 Å². The summed E-state index contributed by atoms with van der Waals surface area (Å²) in [5.41, 5.74) is 3.55. The van der Waals surface area contributed by atoms with Gasteiger partial charge in [0.1, 0.15) is 0 Å². The third kappa shape index (κ3) is 2.62. The molecular weight excluding hydrogens is 268 g/mol. The van der Waals surface area contributed by atoms with Gasteiger partial charge in [-0.1, -0.05) is 24.3 Å². The predicted molar refractivity (Wildman–Crippen MR) is 81.8 cm³/mol. The molecule has 2 N–H and O–H groups in total. The van der Waals surface area contributed by atoms with E-state index < -0.39 is 0 Å². The van der Waals surface area contributed by atoms with Gasteiger partial charge in [-0.25, -0.2) is 0 Å². The Morgan fingerprint density at radius 3 is 3.05 bits per heavy atom. The van der Waals surface area contributed by atoms with E-state index in [0.29, 0.717) is 6.54 Å². The molecule has 1 aromatic heterocycles. The van der Waals surface area contributed by atoms with E-state index in [9.17, 15) is 4.79 Å². The lowest BCUT2D eigenvalue weighted by Gasteiger charge is -2.26. The molecule has 0 saturated carbocycles. The number of carbonyl (C=O) groups is 1. The van der Waals surface area contributed by atoms with Gasteiger partial charge in [-0.3, -0.25) is 4.79 Å². The van der Waals surface area contributed by atoms with Gasteiger partial charge in [-0.15, -0.1) is 0 Å². The molecule has 2 heterocycles. The zero-order valence-corrected chi connectivity index (χ0v) is 12.2. The lowest BCUT2D eigenvalue weighted by molar-refractivity contribution is -0.123. The molecule has 3 rings (SSSR count). The first-order chi connectivity index (χ1) is 9.75. The van der Waals surface area contributed by atoms with Crippen LogP contribution in [-0.4, -0.2) is 12.5 Å². The highest BCUT2D eigenvalue weighted by Crippen LogP contribution is 2.25. The maximum Gasteiger partial charge on any atom is 0.229 e. The zero-order chi connectivity index (χ0) is 13.9. The Morgan fingerprint density at radius 2 is 2.25 bits per heavy atom. The Morgan fingerprint density at radius 1 is 1.40 bits per heavy atom. The van der Waals surface area contributed by atoms with Crippen molar-refractivity contribution in [1.29, 1.82) is 0 Å². The van der Waals surface area contributed by atoms with Crippen molar-refractivity contribution in [3.63, 3.8) is 0 Å². The van der Waals surface area contributed by atoms with Crippen LogP contribution in [0.1, 0.15) is 35.6 Å². The van der Waals surface area contributed by atoms with E-state index in [2.05, 4.69) is 34.2 Å². The molecule has 1 aliphatic rings. The van der Waals surface area contributed by atoms with Crippen LogP contribution in [-0.2, 0) is 11.3 Å². The number of rotatable bonds is 3. The molecule has 1 amide bonds. The minimum absolute atomic E-state index is 0.0582. The van der Waals surface area contributed by atoms with E-state index in [1.807, 2.05) is 24.4 Å². The molecule has 0 saturated heterocycles. The number of carbonyl (C=O) groups excluding carboxylic acids is 1. The summed E-state index contributed by atoms with van der Waals surface area (Å²) in [5, 5.41) is 10.6. The van der Waals surface area contributed by atoms with Crippen LogP contribution < -0.4 is 10.6 Å². The molecule has 3 nitrogen and oxygen atoms in total. The lowest BCUT2D eigenvalue weighted by Crippen LogP contribution is -2.39. The fourth-order valence-corrected chi connectivity index (χ4v) is 3.40. The molecule has 2 aromatic rings. The normalized spacial score (nSPS) is 19.1. The van der Waals surface area contributed by atoms with Crippen LogP contribution in [0.3, 0.4) is 0 Å². The first-order valence-electron chi connectivity index (χ1n) is 6.86. The molecule has 1 aromatic carbocycles. The summed E-state index contributed by atoms with van der Waals surface area (Å²) in [6, 6.07) is 10.3. The van der Waals surface area contributed by atoms with Crippen LogP contribution in [0.2, 0.25) is 0 Å². The van der Waals surface area contributed by atoms with E-state index in [4.69, 9.17) is 0 Å². The summed E-state index contributed by atoms with van der Waals surface area (Å²) < 4.78 is 0. The van der Waals surface area contributed by atoms with Gasteiger partial charge in [-0.05, 0) is 40.4 Å². The highest BCUT2D eigenvalue weighted by molar-refractivity contribution is 7.07. The zero-order valence-electron chi connectivity index (χ0n) is 11.4. The number of hydrogen-bond donors (Lipinski definition) is 2. The lowest BCUT2D eigenvalue weighted by atomic mass is 9.90. The Kier molecular flexibility index (Phi) is 3.85. The number of thiophene rings is 1. The Labute approximate surface area is 123 Å². The molecular formula is C16H18N2OS. The summed E-state index contributed by atoms with van der Waals surface area (Å²) in [7, 11) is 0. The molecule has 104 valence electrons. The van der Waals surface area contributed by atoms with Crippen molar-refractivity contribution in [1.82, 2.24) is 10.6 Å². The van der Waals surface area contributed by atoms with Crippen LogP contribution >= 0.6 is 11.3 Å². The van der Waals surface area contributed by atoms with Gasteiger partial charge in [-0.2, -0.15) is 11.3 Å². The summed E-state index contributed by atoms with van der Waals surface area (Å²) in [6.07, 6.45) is 0. The van der Waals surface area contributed by atoms with Gasteiger partial charge >= 0.3 is 0 Å². The van der Waals surface area contributed by atoms with Crippen LogP contribution in [0.15, 0.2) is 41.1 Å². The van der Waals surface area contributed by atoms with Gasteiger partial charge in [0.15, 0.2) is 0 Å². The van der Waals surface area contributed by atoms with Crippen LogP contribution in [0.25, 0.3) is 0 Å². The third-order valence-electron chi connectivity index (χ3n) is 3.81. The average Bonchev–Trinajstić information content (AvgIpc) is 3.01. The van der Waals surface area contributed by atoms with E-state index in [-0.39, 0.29) is 17.9 Å². The van der Waals surface area contributed by atoms with Crippen LogP contribution in [0, 0.1) is 0 Å². The second kappa shape index (κ2) is 5.77. The molecule has 0 fully saturated rings. The Bertz CT molecular complexity index is 594. The number of nitrogens with one attached hydrogen (secondary N) is 2. The highest BCUT2D eigenvalue weighted by atomic mass is 32.1. The van der Waals surface area contributed by atoms with E-state index in [1.165, 1.54) is 11.1 Å². The SMILES string of the molecule is CC(NC(=O)C1CNCc2ccccc21)c1ccsc1. The van der Waals surface area contributed by atoms with Crippen molar-refractivity contribution in [3.05, 3.63) is 57.8 Å². The van der Waals surface area contributed by atoms with Crippen molar-refractivity contribution in [2.75, 3.05) is 6.54 Å². The minimum Gasteiger partial charge on any atom is -0.349 e. The largest absolute Gasteiger partial charge is 0.349 e. The quantitative estimate of drug-likeness (QED) is 0.911. The molecule has 0 aliphatic carbocycles. The van der Waals surface area contributed by atoms with Crippen LogP contribution in [0.4, 0.5) is 0 Å². The molecule has 2 unspecified atom stereocenters. The van der Waals surface area contributed by atoms with Crippen molar-refractivity contribution in [3.8, 4) is 0 Å². The summed E-state index contributed by atoms with van der Waals surface area (Å²) in [4.78, 5) is 12.5. The number of amides is 1. The topological polar surface area (TPSA) is 41.1 Å². The van der Waals surface area contributed by atoms with Gasteiger partial charge in [0.2, 0.25) is 5.91 Å². The first kappa shape index (κ1) is 13.3. The fourth-order valence-electron chi connectivity index (χ4n) is 2.65. The van der Waals surface area contributed by atoms with Crippen LogP contribution in [0.5, 0.6) is 0 Å². The van der Waals surface area contributed by atoms with E-state index in [1.54, 1.807) is 11.3 Å². The second-order valence-electron chi connectivity index (χ2n) is 5.17. The molecule has 0 radical (unpaired) electrons. The average molecular weight is 286 g/mol. The fraction of sp³-hybridized carbons (Fsp3) is 0.312. The van der Waals surface area contributed by atoms with Gasteiger partial charge in [0.05, 0.1) is 12.0 Å². The standard InChI is InChI=1S/C16H18N2OS/c1-11(13-6-7-20-10-13)18-16(19)15-9-17-8-12-4-2-3-5-14(12)15/h2-7,10-11,15,17H,8-9H2,1H3,(H,18,19). The maximum atomic E-state index is 12.5. The molecule has 0 spiro atoms. The molecule has 2 atom stereocenters. The van der Waals surface area contributed by atoms with Crippen molar-refractivity contribution < 1.29 is 4.79 Å². The summed E-state index contributed by atoms with van der Waals surface area (Å²) in [5.74, 6) is 0.00406. The summed E-state index contributed by atoms with van der Waals surface area (Å²) in [6.45, 7) is 3.58. The smallest absolute Gasteiger partial charge is 0.229 e. The van der Waals surface area contributed by atoms with Gasteiger partial charge < -0.3 is 10.6 Å². The second-order valence-corrected chi connectivity index (χ2v) is 5.95. The number of fused-ring (bicyclic) bond motifs is 1. The summed E-state index contributed by atoms with van der Waals surface area (Å²) >= 11 is 1.66. The van der Waals surface area contributed by atoms with Gasteiger partial charge in [0, 0.05) is 13.1 Å². The Hall–Kier alpha value is -1.65. The van der Waals surface area contributed by atoms with E-state index in [0.717, 1.165) is 12.1 Å². The monoisotopic (exact) mass is 286 g/mol. The molecule has 4 heteroatoms. The number of hydrogen-bond acceptors (Lipinski definition) is 3. The third-order valence-corrected chi connectivity index (χ3v) is 4.51. The first-order valence-corrected chi connectivity index (χ1v) is 7.81. The minimum atomic E-state index is -0.0963. The Balaban J connectivity index is 1.75. The maximum absolute atomic E-state index is 12.5. The highest BCUT2D eigenvalue weighted by Gasteiger charge is 2.26. The predicted octanol–water partition coefficient (Wildman–Crippen LogP) is 2.81. The molecule has 20 heavy (non-hydrogen) atoms. The molecule has 0 bridgehead atoms. The van der Waals surface area contributed by atoms with Crippen molar-refractivity contribution in [2.24, 2.45) is 0 Å². The van der Waals surface area contributed by atoms with Gasteiger partial charge in [0.25, 0.3) is 0 Å².